The number of rotatable bonds is 8. The van der Waals surface area contributed by atoms with Crippen molar-refractivity contribution in [1.29, 1.82) is 0 Å². The van der Waals surface area contributed by atoms with Crippen LogP contribution in [-0.2, 0) is 11.3 Å². The molecule has 0 radical (unpaired) electrons. The summed E-state index contributed by atoms with van der Waals surface area (Å²) in [5.74, 6) is 2.40. The average molecular weight is 410 g/mol. The molecule has 158 valence electrons. The van der Waals surface area contributed by atoms with Crippen LogP contribution in [0, 0.1) is 0 Å². The van der Waals surface area contributed by atoms with Gasteiger partial charge in [-0.05, 0) is 34.2 Å². The van der Waals surface area contributed by atoms with Gasteiger partial charge >= 0.3 is 0 Å². The Kier molecular flexibility index (Phi) is 6.45. The molecule has 4 rings (SSSR count). The van der Waals surface area contributed by atoms with Crippen molar-refractivity contribution in [3.05, 3.63) is 54.1 Å². The van der Waals surface area contributed by atoms with Crippen LogP contribution < -0.4 is 9.64 Å². The van der Waals surface area contributed by atoms with Crippen LogP contribution in [-0.4, -0.2) is 82.1 Å². The number of aromatic nitrogens is 6. The number of hydrogen-bond donors (Lipinski definition) is 0. The Hall–Kier alpha value is -3.11. The van der Waals surface area contributed by atoms with Gasteiger partial charge in [-0.15, -0.1) is 5.10 Å². The highest BCUT2D eigenvalue weighted by Crippen LogP contribution is 2.29. The largest absolute Gasteiger partial charge is 0.497 e. The maximum absolute atomic E-state index is 5.33. The minimum atomic E-state index is -0.0680. The van der Waals surface area contributed by atoms with E-state index >= 15 is 0 Å². The minimum absolute atomic E-state index is 0.0680. The Labute approximate surface area is 175 Å². The van der Waals surface area contributed by atoms with Crippen molar-refractivity contribution in [2.45, 2.75) is 12.6 Å². The number of nitrogens with zero attached hydrogens (tertiary/aromatic N) is 8. The third kappa shape index (κ3) is 4.39. The summed E-state index contributed by atoms with van der Waals surface area (Å²) < 4.78 is 12.4. The van der Waals surface area contributed by atoms with Gasteiger partial charge in [0.2, 0.25) is 5.95 Å². The van der Waals surface area contributed by atoms with E-state index in [9.17, 15) is 0 Å². The molecule has 10 nitrogen and oxygen atoms in total. The van der Waals surface area contributed by atoms with E-state index in [0.29, 0.717) is 13.2 Å². The minimum Gasteiger partial charge on any atom is -0.497 e. The highest BCUT2D eigenvalue weighted by atomic mass is 16.5. The van der Waals surface area contributed by atoms with E-state index in [0.717, 1.165) is 49.3 Å². The lowest BCUT2D eigenvalue weighted by Gasteiger charge is -2.38. The molecular weight excluding hydrogens is 384 g/mol. The van der Waals surface area contributed by atoms with Crippen LogP contribution >= 0.6 is 0 Å². The summed E-state index contributed by atoms with van der Waals surface area (Å²) in [5.41, 5.74) is 1.12. The van der Waals surface area contributed by atoms with E-state index in [1.54, 1.807) is 26.6 Å². The summed E-state index contributed by atoms with van der Waals surface area (Å²) in [7, 11) is 3.35. The fourth-order valence-corrected chi connectivity index (χ4v) is 3.69. The zero-order valence-electron chi connectivity index (χ0n) is 17.3. The number of anilines is 1. The molecule has 10 heteroatoms. The molecule has 3 aromatic rings. The number of hydrogen-bond acceptors (Lipinski definition) is 9. The van der Waals surface area contributed by atoms with Crippen molar-refractivity contribution in [2.24, 2.45) is 0 Å². The number of piperazine rings is 1. The Morgan fingerprint density at radius 1 is 1.00 bits per heavy atom. The molecule has 2 aromatic heterocycles. The molecule has 1 aromatic carbocycles. The molecule has 3 heterocycles. The van der Waals surface area contributed by atoms with Crippen molar-refractivity contribution >= 4 is 5.95 Å². The highest BCUT2D eigenvalue weighted by molar-refractivity contribution is 5.33. The van der Waals surface area contributed by atoms with Crippen LogP contribution in [0.3, 0.4) is 0 Å². The number of tetrazole rings is 1. The van der Waals surface area contributed by atoms with E-state index < -0.39 is 0 Å². The van der Waals surface area contributed by atoms with E-state index in [4.69, 9.17) is 9.47 Å². The van der Waals surface area contributed by atoms with Crippen LogP contribution in [0.25, 0.3) is 0 Å². The van der Waals surface area contributed by atoms with Gasteiger partial charge in [-0.3, -0.25) is 4.90 Å². The first kappa shape index (κ1) is 20.2. The summed E-state index contributed by atoms with van der Waals surface area (Å²) in [6.07, 6.45) is 3.55. The second-order valence-electron chi connectivity index (χ2n) is 7.00. The SMILES string of the molecule is COCCn1nnnc1[C@@H](c1ccc(OC)cc1)N1CCN(c2ncccn2)CC1. The van der Waals surface area contributed by atoms with E-state index in [2.05, 4.69) is 47.4 Å². The van der Waals surface area contributed by atoms with Crippen molar-refractivity contribution in [1.82, 2.24) is 35.1 Å². The molecule has 30 heavy (non-hydrogen) atoms. The van der Waals surface area contributed by atoms with Crippen LogP contribution in [0.1, 0.15) is 17.4 Å². The van der Waals surface area contributed by atoms with Crippen molar-refractivity contribution in [3.63, 3.8) is 0 Å². The summed E-state index contributed by atoms with van der Waals surface area (Å²) in [6, 6.07) is 9.86. The van der Waals surface area contributed by atoms with Crippen molar-refractivity contribution in [2.75, 3.05) is 51.9 Å². The van der Waals surface area contributed by atoms with Crippen molar-refractivity contribution < 1.29 is 9.47 Å². The quantitative estimate of drug-likeness (QED) is 0.540. The third-order valence-electron chi connectivity index (χ3n) is 5.26. The van der Waals surface area contributed by atoms with Crippen LogP contribution in [0.2, 0.25) is 0 Å². The molecule has 1 atom stereocenters. The van der Waals surface area contributed by atoms with Gasteiger partial charge < -0.3 is 14.4 Å². The van der Waals surface area contributed by atoms with Gasteiger partial charge in [-0.1, -0.05) is 12.1 Å². The fraction of sp³-hybridized carbons (Fsp3) is 0.450. The van der Waals surface area contributed by atoms with Gasteiger partial charge in [0.05, 0.1) is 26.3 Å². The summed E-state index contributed by atoms with van der Waals surface area (Å²) >= 11 is 0. The molecule has 0 aliphatic carbocycles. The van der Waals surface area contributed by atoms with Crippen LogP contribution in [0.4, 0.5) is 5.95 Å². The van der Waals surface area contributed by atoms with Crippen molar-refractivity contribution in [3.8, 4) is 5.75 Å². The van der Waals surface area contributed by atoms with Gasteiger partial charge in [0.1, 0.15) is 5.75 Å². The van der Waals surface area contributed by atoms with E-state index in [1.807, 2.05) is 22.9 Å². The number of methoxy groups -OCH3 is 2. The van der Waals surface area contributed by atoms with Gasteiger partial charge in [0, 0.05) is 45.7 Å². The third-order valence-corrected chi connectivity index (χ3v) is 5.26. The standard InChI is InChI=1S/C20H26N8O2/c1-29-15-14-28-19(23-24-25-28)18(16-4-6-17(30-2)7-5-16)26-10-12-27(13-11-26)20-21-8-3-9-22-20/h3-9,18H,10-15H2,1-2H3/t18-/m1/s1. The molecular formula is C20H26N8O2. The lowest BCUT2D eigenvalue weighted by molar-refractivity contribution is 0.171. The topological polar surface area (TPSA) is 94.3 Å². The molecule has 0 unspecified atom stereocenters. The normalized spacial score (nSPS) is 15.9. The monoisotopic (exact) mass is 410 g/mol. The molecule has 1 aliphatic rings. The molecule has 1 saturated heterocycles. The fourth-order valence-electron chi connectivity index (χ4n) is 3.69. The summed E-state index contributed by atoms with van der Waals surface area (Å²) in [4.78, 5) is 13.4. The first-order valence-electron chi connectivity index (χ1n) is 9.95. The predicted molar refractivity (Wildman–Crippen MR) is 110 cm³/mol. The highest BCUT2D eigenvalue weighted by Gasteiger charge is 2.31. The first-order chi connectivity index (χ1) is 14.8. The predicted octanol–water partition coefficient (Wildman–Crippen LogP) is 1.03. The lowest BCUT2D eigenvalue weighted by Crippen LogP contribution is -2.49. The smallest absolute Gasteiger partial charge is 0.225 e. The Morgan fingerprint density at radius 3 is 2.40 bits per heavy atom. The van der Waals surface area contributed by atoms with Gasteiger partial charge in [-0.2, -0.15) is 0 Å². The summed E-state index contributed by atoms with van der Waals surface area (Å²) in [5, 5.41) is 12.5. The molecule has 0 saturated carbocycles. The molecule has 0 amide bonds. The van der Waals surface area contributed by atoms with Gasteiger partial charge in [0.15, 0.2) is 5.82 Å². The molecule has 0 N–H and O–H groups in total. The molecule has 1 fully saturated rings. The average Bonchev–Trinajstić information content (AvgIpc) is 3.27. The maximum atomic E-state index is 5.33. The Bertz CT molecular complexity index is 910. The van der Waals surface area contributed by atoms with Gasteiger partial charge in [-0.25, -0.2) is 14.6 Å². The Balaban J connectivity index is 1.59. The maximum Gasteiger partial charge on any atom is 0.225 e. The van der Waals surface area contributed by atoms with Crippen LogP contribution in [0.15, 0.2) is 42.7 Å². The lowest BCUT2D eigenvalue weighted by atomic mass is 10.0. The molecule has 0 bridgehead atoms. The van der Waals surface area contributed by atoms with E-state index in [-0.39, 0.29) is 6.04 Å². The zero-order valence-corrected chi connectivity index (χ0v) is 17.3. The van der Waals surface area contributed by atoms with Gasteiger partial charge in [0.25, 0.3) is 0 Å². The number of ether oxygens (including phenoxy) is 2. The summed E-state index contributed by atoms with van der Waals surface area (Å²) in [6.45, 7) is 4.49. The molecule has 0 spiro atoms. The van der Waals surface area contributed by atoms with E-state index in [1.165, 1.54) is 0 Å². The number of benzene rings is 1. The van der Waals surface area contributed by atoms with Crippen LogP contribution in [0.5, 0.6) is 5.75 Å². The Morgan fingerprint density at radius 2 is 1.73 bits per heavy atom. The molecule has 1 aliphatic heterocycles. The zero-order chi connectivity index (χ0) is 20.8. The second-order valence-corrected chi connectivity index (χ2v) is 7.00. The second kappa shape index (κ2) is 9.59. The first-order valence-corrected chi connectivity index (χ1v) is 9.95.